The summed E-state index contributed by atoms with van der Waals surface area (Å²) in [5.74, 6) is 0.898. The Morgan fingerprint density at radius 2 is 0.853 bits per heavy atom. The molecule has 0 saturated heterocycles. The van der Waals surface area contributed by atoms with Crippen LogP contribution in [0, 0.1) is 13.8 Å². The van der Waals surface area contributed by atoms with Crippen LogP contribution in [0.1, 0.15) is 62.5 Å². The van der Waals surface area contributed by atoms with E-state index in [2.05, 4.69) is 0 Å². The van der Waals surface area contributed by atoms with Crippen molar-refractivity contribution >= 4 is 40.5 Å². The van der Waals surface area contributed by atoms with Crippen molar-refractivity contribution in [2.24, 2.45) is 0 Å². The maximum atomic E-state index is 12.2. The van der Waals surface area contributed by atoms with Crippen molar-refractivity contribution in [2.75, 3.05) is 13.2 Å². The van der Waals surface area contributed by atoms with Gasteiger partial charge in [-0.25, -0.2) is 0 Å². The van der Waals surface area contributed by atoms with Gasteiger partial charge in [0.25, 0.3) is 0 Å². The Balaban J connectivity index is 1.44. The van der Waals surface area contributed by atoms with Crippen molar-refractivity contribution in [2.45, 2.75) is 65.2 Å². The van der Waals surface area contributed by atoms with E-state index >= 15 is 0 Å². The fourth-order valence-electron chi connectivity index (χ4n) is 3.06. The van der Waals surface area contributed by atoms with Gasteiger partial charge in [-0.05, 0) is 51.0 Å². The second-order valence-electron chi connectivity index (χ2n) is 8.08. The van der Waals surface area contributed by atoms with Crippen molar-refractivity contribution in [3.05, 3.63) is 59.7 Å². The first kappa shape index (κ1) is 28.9. The number of hydrogen-bond acceptors (Lipinski definition) is 8. The summed E-state index contributed by atoms with van der Waals surface area (Å²) in [7, 11) is -6.41. The standard InChI is InChI=1S/C24H34O6S4/c1-21-11-15-23(16-12-21)29-33(25,31)27-19-9-7-5-3-4-6-8-10-20-28-34(26,32)30-24-17-13-22(2)14-18-24/h11-18H,3-10,19-20H2,1-2H3. The van der Waals surface area contributed by atoms with Crippen molar-refractivity contribution < 1.29 is 25.2 Å². The topological polar surface area (TPSA) is 71.1 Å². The van der Waals surface area contributed by atoms with Crippen molar-refractivity contribution in [1.82, 2.24) is 0 Å². The minimum absolute atomic E-state index is 0.316. The normalized spacial score (nSPS) is 14.8. The van der Waals surface area contributed by atoms with Gasteiger partial charge in [-0.2, -0.15) is 8.42 Å². The number of hydrogen-bond donors (Lipinski definition) is 0. The van der Waals surface area contributed by atoms with Gasteiger partial charge in [-0.3, -0.25) is 8.37 Å². The molecule has 190 valence electrons. The molecule has 0 aromatic heterocycles. The minimum Gasteiger partial charge on any atom is -0.382 e. The van der Waals surface area contributed by atoms with Crippen LogP contribution in [0.5, 0.6) is 11.5 Å². The first-order chi connectivity index (χ1) is 16.2. The maximum Gasteiger partial charge on any atom is 0.314 e. The van der Waals surface area contributed by atoms with Crippen molar-refractivity contribution in [1.29, 1.82) is 0 Å². The molecule has 2 rings (SSSR count). The van der Waals surface area contributed by atoms with E-state index in [1.165, 1.54) is 0 Å². The van der Waals surface area contributed by atoms with Crippen LogP contribution < -0.4 is 8.37 Å². The minimum atomic E-state index is -3.20. The summed E-state index contributed by atoms with van der Waals surface area (Å²) in [6.45, 7) is 4.56. The highest BCUT2D eigenvalue weighted by Crippen LogP contribution is 2.17. The molecule has 0 aliphatic heterocycles. The highest BCUT2D eigenvalue weighted by Gasteiger charge is 2.10. The van der Waals surface area contributed by atoms with Crippen LogP contribution in [0.25, 0.3) is 0 Å². The lowest BCUT2D eigenvalue weighted by molar-refractivity contribution is 0.294. The molecule has 0 fully saturated rings. The van der Waals surface area contributed by atoms with Crippen molar-refractivity contribution in [3.8, 4) is 11.5 Å². The molecule has 0 radical (unpaired) electrons. The van der Waals surface area contributed by atoms with Gasteiger partial charge >= 0.3 is 18.1 Å². The summed E-state index contributed by atoms with van der Waals surface area (Å²) in [5, 5.41) is 0. The van der Waals surface area contributed by atoms with Gasteiger partial charge in [0.2, 0.25) is 0 Å². The molecule has 0 amide bonds. The highest BCUT2D eigenvalue weighted by atomic mass is 32.9. The monoisotopic (exact) mass is 546 g/mol. The van der Waals surface area contributed by atoms with Gasteiger partial charge in [-0.15, -0.1) is 0 Å². The fraction of sp³-hybridized carbons (Fsp3) is 0.500. The maximum absolute atomic E-state index is 12.2. The van der Waals surface area contributed by atoms with E-state index in [4.69, 9.17) is 39.1 Å². The summed E-state index contributed by atoms with van der Waals surface area (Å²) in [6, 6.07) is 14.4. The third-order valence-electron chi connectivity index (χ3n) is 4.93. The fourth-order valence-corrected chi connectivity index (χ4v) is 5.37. The van der Waals surface area contributed by atoms with E-state index in [1.54, 1.807) is 24.3 Å². The van der Waals surface area contributed by atoms with Crippen LogP contribution in [-0.4, -0.2) is 21.6 Å². The van der Waals surface area contributed by atoms with E-state index in [9.17, 15) is 8.42 Å². The van der Waals surface area contributed by atoms with E-state index in [0.29, 0.717) is 24.7 Å². The molecule has 0 aliphatic rings. The quantitative estimate of drug-likeness (QED) is 0.222. The van der Waals surface area contributed by atoms with Gasteiger partial charge in [-0.1, -0.05) is 73.9 Å². The van der Waals surface area contributed by atoms with E-state index in [-0.39, 0.29) is 0 Å². The number of rotatable bonds is 17. The summed E-state index contributed by atoms with van der Waals surface area (Å²) in [4.78, 5) is 0. The molecular formula is C24H34O6S4. The average molecular weight is 547 g/mol. The Morgan fingerprint density at radius 1 is 0.559 bits per heavy atom. The Bertz CT molecular complexity index is 962. The van der Waals surface area contributed by atoms with E-state index < -0.39 is 18.1 Å². The second kappa shape index (κ2) is 15.0. The molecule has 0 heterocycles. The van der Waals surface area contributed by atoms with Crippen LogP contribution in [0.15, 0.2) is 48.5 Å². The Kier molecular flexibility index (Phi) is 12.7. The Morgan fingerprint density at radius 3 is 1.18 bits per heavy atom. The zero-order valence-electron chi connectivity index (χ0n) is 19.8. The van der Waals surface area contributed by atoms with E-state index in [0.717, 1.165) is 62.5 Å². The highest BCUT2D eigenvalue weighted by molar-refractivity contribution is 8.28. The Hall–Kier alpha value is -1.30. The van der Waals surface area contributed by atoms with Crippen molar-refractivity contribution in [3.63, 3.8) is 0 Å². The molecule has 2 atom stereocenters. The Labute approximate surface area is 214 Å². The van der Waals surface area contributed by atoms with Gasteiger partial charge in [0, 0.05) is 0 Å². The number of benzene rings is 2. The largest absolute Gasteiger partial charge is 0.382 e. The van der Waals surface area contributed by atoms with Crippen LogP contribution >= 0.6 is 0 Å². The lowest BCUT2D eigenvalue weighted by Crippen LogP contribution is -2.12. The van der Waals surface area contributed by atoms with Gasteiger partial charge in [0.1, 0.15) is 11.5 Å². The molecule has 2 aromatic carbocycles. The smallest absolute Gasteiger partial charge is 0.314 e. The molecule has 0 saturated carbocycles. The van der Waals surface area contributed by atoms with Crippen LogP contribution in [-0.2, 0) is 48.8 Å². The van der Waals surface area contributed by atoms with Gasteiger partial charge in [0.05, 0.1) is 35.6 Å². The molecule has 0 N–H and O–H groups in total. The summed E-state index contributed by atoms with van der Waals surface area (Å²) >= 11 is 9.86. The summed E-state index contributed by atoms with van der Waals surface area (Å²) < 4.78 is 45.5. The lowest BCUT2D eigenvalue weighted by Gasteiger charge is -2.10. The predicted molar refractivity (Wildman–Crippen MR) is 143 cm³/mol. The van der Waals surface area contributed by atoms with Crippen LogP contribution in [0.3, 0.4) is 0 Å². The molecule has 0 bridgehead atoms. The molecule has 2 aromatic rings. The zero-order valence-corrected chi connectivity index (χ0v) is 23.0. The molecule has 0 aliphatic carbocycles. The summed E-state index contributed by atoms with van der Waals surface area (Å²) in [6.07, 6.45) is 7.89. The molecule has 10 heteroatoms. The molecular weight excluding hydrogens is 513 g/mol. The molecule has 0 spiro atoms. The van der Waals surface area contributed by atoms with Crippen LogP contribution in [0.4, 0.5) is 0 Å². The average Bonchev–Trinajstić information content (AvgIpc) is 2.77. The van der Waals surface area contributed by atoms with Crippen LogP contribution in [0.2, 0.25) is 0 Å². The number of unbranched alkanes of at least 4 members (excludes halogenated alkanes) is 7. The van der Waals surface area contributed by atoms with Gasteiger partial charge < -0.3 is 8.37 Å². The molecule has 6 nitrogen and oxygen atoms in total. The predicted octanol–water partition coefficient (Wildman–Crippen LogP) is 6.07. The number of aryl methyl sites for hydroxylation is 2. The van der Waals surface area contributed by atoms with Gasteiger partial charge in [0.15, 0.2) is 0 Å². The molecule has 34 heavy (non-hydrogen) atoms. The third-order valence-corrected chi connectivity index (χ3v) is 7.62. The first-order valence-corrected chi connectivity index (χ1v) is 16.1. The SMILES string of the molecule is Cc1ccc(OS(=O)(=S)OCCCCCCCCCCOS(=O)(=S)Oc2ccc(C)cc2)cc1. The molecule has 2 unspecified atom stereocenters. The third kappa shape index (κ3) is 13.0. The first-order valence-electron chi connectivity index (χ1n) is 11.5. The van der Waals surface area contributed by atoms with E-state index in [1.807, 2.05) is 38.1 Å². The zero-order chi connectivity index (χ0) is 24.9. The second-order valence-corrected chi connectivity index (χ2v) is 13.0. The summed E-state index contributed by atoms with van der Waals surface area (Å²) in [5.41, 5.74) is 2.17. The lowest BCUT2D eigenvalue weighted by atomic mass is 10.1.